The second kappa shape index (κ2) is 8.01. The molecule has 0 heterocycles. The lowest BCUT2D eigenvalue weighted by Crippen LogP contribution is -2.35. The van der Waals surface area contributed by atoms with Crippen molar-refractivity contribution in [3.05, 3.63) is 12.2 Å². The van der Waals surface area contributed by atoms with Crippen LogP contribution in [0, 0.1) is 0 Å². The van der Waals surface area contributed by atoms with Gasteiger partial charge in [-0.05, 0) is 40.2 Å². The standard InChI is InChI=1S/C12H25NO/c1-6-7-13-12(8-10(2)3)9-14-11(4)5/h11-13H,2,6-9H2,1,3-5H3. The third-order valence-electron chi connectivity index (χ3n) is 1.91. The maximum Gasteiger partial charge on any atom is 0.0626 e. The maximum absolute atomic E-state index is 5.60. The summed E-state index contributed by atoms with van der Waals surface area (Å²) in [6.07, 6.45) is 2.48. The highest BCUT2D eigenvalue weighted by atomic mass is 16.5. The number of hydrogen-bond acceptors (Lipinski definition) is 2. The van der Waals surface area contributed by atoms with E-state index in [0.29, 0.717) is 12.1 Å². The predicted octanol–water partition coefficient (Wildman–Crippen LogP) is 2.75. The third-order valence-corrected chi connectivity index (χ3v) is 1.91. The van der Waals surface area contributed by atoms with Crippen molar-refractivity contribution in [2.24, 2.45) is 0 Å². The fourth-order valence-corrected chi connectivity index (χ4v) is 1.27. The quantitative estimate of drug-likeness (QED) is 0.607. The first-order valence-electron chi connectivity index (χ1n) is 5.55. The van der Waals surface area contributed by atoms with Crippen LogP contribution in [0.15, 0.2) is 12.2 Å². The van der Waals surface area contributed by atoms with Crippen molar-refractivity contribution < 1.29 is 4.74 Å². The van der Waals surface area contributed by atoms with Crippen LogP contribution in [-0.2, 0) is 4.74 Å². The number of ether oxygens (including phenoxy) is 1. The molecule has 0 aliphatic rings. The van der Waals surface area contributed by atoms with Crippen molar-refractivity contribution in [3.8, 4) is 0 Å². The minimum atomic E-state index is 0.311. The lowest BCUT2D eigenvalue weighted by Gasteiger charge is -2.20. The highest BCUT2D eigenvalue weighted by molar-refractivity contribution is 4.92. The zero-order chi connectivity index (χ0) is 11.0. The second-order valence-electron chi connectivity index (χ2n) is 4.19. The Morgan fingerprint density at radius 2 is 2.07 bits per heavy atom. The lowest BCUT2D eigenvalue weighted by atomic mass is 10.1. The van der Waals surface area contributed by atoms with Gasteiger partial charge in [-0.1, -0.05) is 12.5 Å². The highest BCUT2D eigenvalue weighted by Gasteiger charge is 2.08. The van der Waals surface area contributed by atoms with Gasteiger partial charge in [0.1, 0.15) is 0 Å². The van der Waals surface area contributed by atoms with Gasteiger partial charge in [-0.3, -0.25) is 0 Å². The Kier molecular flexibility index (Phi) is 7.81. The van der Waals surface area contributed by atoms with Gasteiger partial charge in [0.05, 0.1) is 12.7 Å². The van der Waals surface area contributed by atoms with Gasteiger partial charge >= 0.3 is 0 Å². The predicted molar refractivity (Wildman–Crippen MR) is 62.6 cm³/mol. The summed E-state index contributed by atoms with van der Waals surface area (Å²) in [5.41, 5.74) is 1.21. The molecule has 0 saturated carbocycles. The molecular formula is C12H25NO. The fourth-order valence-electron chi connectivity index (χ4n) is 1.27. The number of hydrogen-bond donors (Lipinski definition) is 1. The molecule has 0 fully saturated rings. The van der Waals surface area contributed by atoms with Crippen LogP contribution in [0.1, 0.15) is 40.5 Å². The third kappa shape index (κ3) is 8.27. The van der Waals surface area contributed by atoms with Gasteiger partial charge in [0.2, 0.25) is 0 Å². The maximum atomic E-state index is 5.60. The number of nitrogens with one attached hydrogen (secondary N) is 1. The van der Waals surface area contributed by atoms with Gasteiger partial charge in [-0.15, -0.1) is 6.58 Å². The van der Waals surface area contributed by atoms with E-state index in [1.807, 2.05) is 0 Å². The molecule has 0 radical (unpaired) electrons. The van der Waals surface area contributed by atoms with Gasteiger partial charge < -0.3 is 10.1 Å². The Morgan fingerprint density at radius 3 is 2.50 bits per heavy atom. The Balaban J connectivity index is 3.78. The van der Waals surface area contributed by atoms with Crippen LogP contribution in [0.25, 0.3) is 0 Å². The number of rotatable bonds is 8. The molecule has 0 spiro atoms. The summed E-state index contributed by atoms with van der Waals surface area (Å²) in [6, 6.07) is 0.426. The Labute approximate surface area is 88.7 Å². The van der Waals surface area contributed by atoms with E-state index in [0.717, 1.165) is 26.0 Å². The molecule has 0 bridgehead atoms. The van der Waals surface area contributed by atoms with Gasteiger partial charge in [0.25, 0.3) is 0 Å². The van der Waals surface area contributed by atoms with Crippen molar-refractivity contribution in [3.63, 3.8) is 0 Å². The van der Waals surface area contributed by atoms with Crippen LogP contribution >= 0.6 is 0 Å². The van der Waals surface area contributed by atoms with Gasteiger partial charge in [-0.2, -0.15) is 0 Å². The molecule has 0 aromatic rings. The smallest absolute Gasteiger partial charge is 0.0626 e. The van der Waals surface area contributed by atoms with E-state index in [4.69, 9.17) is 4.74 Å². The fraction of sp³-hybridized carbons (Fsp3) is 0.833. The first kappa shape index (κ1) is 13.7. The Morgan fingerprint density at radius 1 is 1.43 bits per heavy atom. The molecule has 0 rings (SSSR count). The molecular weight excluding hydrogens is 174 g/mol. The van der Waals surface area contributed by atoms with Crippen LogP contribution < -0.4 is 5.32 Å². The van der Waals surface area contributed by atoms with E-state index in [1.54, 1.807) is 0 Å². The van der Waals surface area contributed by atoms with E-state index in [2.05, 4.69) is 39.6 Å². The molecule has 0 aromatic carbocycles. The van der Waals surface area contributed by atoms with Crippen molar-refractivity contribution >= 4 is 0 Å². The van der Waals surface area contributed by atoms with Crippen LogP contribution in [0.5, 0.6) is 0 Å². The summed E-state index contributed by atoms with van der Waals surface area (Å²) in [7, 11) is 0. The SMILES string of the molecule is C=C(C)CC(COC(C)C)NCCC. The van der Waals surface area contributed by atoms with Crippen LogP contribution in [0.3, 0.4) is 0 Å². The van der Waals surface area contributed by atoms with Gasteiger partial charge in [0.15, 0.2) is 0 Å². The van der Waals surface area contributed by atoms with E-state index >= 15 is 0 Å². The molecule has 2 heteroatoms. The zero-order valence-corrected chi connectivity index (χ0v) is 10.1. The molecule has 1 atom stereocenters. The molecule has 14 heavy (non-hydrogen) atoms. The van der Waals surface area contributed by atoms with Crippen LogP contribution in [0.4, 0.5) is 0 Å². The summed E-state index contributed by atoms with van der Waals surface area (Å²) in [4.78, 5) is 0. The van der Waals surface area contributed by atoms with Crippen LogP contribution in [-0.4, -0.2) is 25.3 Å². The first-order chi connectivity index (χ1) is 6.56. The second-order valence-corrected chi connectivity index (χ2v) is 4.19. The minimum absolute atomic E-state index is 0.311. The lowest BCUT2D eigenvalue weighted by molar-refractivity contribution is 0.0613. The summed E-state index contributed by atoms with van der Waals surface area (Å²) in [5, 5.41) is 3.47. The summed E-state index contributed by atoms with van der Waals surface area (Å²) >= 11 is 0. The topological polar surface area (TPSA) is 21.3 Å². The largest absolute Gasteiger partial charge is 0.377 e. The molecule has 2 nitrogen and oxygen atoms in total. The molecule has 84 valence electrons. The summed E-state index contributed by atoms with van der Waals surface area (Å²) < 4.78 is 5.60. The van der Waals surface area contributed by atoms with Crippen molar-refractivity contribution in [1.82, 2.24) is 5.32 Å². The molecule has 1 unspecified atom stereocenters. The minimum Gasteiger partial charge on any atom is -0.377 e. The molecule has 0 aliphatic heterocycles. The van der Waals surface area contributed by atoms with E-state index in [1.165, 1.54) is 5.57 Å². The molecule has 0 amide bonds. The molecule has 1 N–H and O–H groups in total. The molecule has 0 saturated heterocycles. The first-order valence-corrected chi connectivity index (χ1v) is 5.55. The van der Waals surface area contributed by atoms with Gasteiger partial charge in [0, 0.05) is 6.04 Å². The van der Waals surface area contributed by atoms with E-state index in [-0.39, 0.29) is 0 Å². The average Bonchev–Trinajstić information content (AvgIpc) is 2.09. The zero-order valence-electron chi connectivity index (χ0n) is 10.1. The van der Waals surface area contributed by atoms with E-state index in [9.17, 15) is 0 Å². The summed E-state index contributed by atoms with van der Waals surface area (Å²) in [6.45, 7) is 14.1. The molecule has 0 aromatic heterocycles. The normalized spacial score (nSPS) is 13.2. The van der Waals surface area contributed by atoms with Crippen molar-refractivity contribution in [1.29, 1.82) is 0 Å². The summed E-state index contributed by atoms with van der Waals surface area (Å²) in [5.74, 6) is 0. The Bertz CT molecular complexity index is 154. The highest BCUT2D eigenvalue weighted by Crippen LogP contribution is 2.04. The van der Waals surface area contributed by atoms with Crippen LogP contribution in [0.2, 0.25) is 0 Å². The van der Waals surface area contributed by atoms with Gasteiger partial charge in [-0.25, -0.2) is 0 Å². The monoisotopic (exact) mass is 199 g/mol. The Hall–Kier alpha value is -0.340. The average molecular weight is 199 g/mol. The van der Waals surface area contributed by atoms with Crippen molar-refractivity contribution in [2.75, 3.05) is 13.2 Å². The van der Waals surface area contributed by atoms with Crippen molar-refractivity contribution in [2.45, 2.75) is 52.7 Å². The molecule has 0 aliphatic carbocycles. The van der Waals surface area contributed by atoms with E-state index < -0.39 is 0 Å².